The number of hydrogen-bond acceptors (Lipinski definition) is 6. The number of nitrogens with zero attached hydrogens (tertiary/aromatic N) is 1. The highest BCUT2D eigenvalue weighted by atomic mass is 16.5. The van der Waals surface area contributed by atoms with Crippen LogP contribution < -0.4 is 9.47 Å². The van der Waals surface area contributed by atoms with Crippen LogP contribution in [0.3, 0.4) is 0 Å². The molecule has 2 aromatic carbocycles. The molecule has 6 heteroatoms. The maximum Gasteiger partial charge on any atom is 0.343 e. The van der Waals surface area contributed by atoms with Gasteiger partial charge in [0.2, 0.25) is 0 Å². The fourth-order valence-corrected chi connectivity index (χ4v) is 4.95. The highest BCUT2D eigenvalue weighted by Crippen LogP contribution is 2.24. The van der Waals surface area contributed by atoms with E-state index in [1.54, 1.807) is 42.6 Å². The minimum Gasteiger partial charge on any atom is -0.507 e. The van der Waals surface area contributed by atoms with Gasteiger partial charge in [-0.15, -0.1) is 0 Å². The Morgan fingerprint density at radius 2 is 1.36 bits per heavy atom. The lowest BCUT2D eigenvalue weighted by Crippen LogP contribution is -2.13. The molecule has 0 saturated heterocycles. The fourth-order valence-electron chi connectivity index (χ4n) is 4.95. The second-order valence-corrected chi connectivity index (χ2v) is 11.8. The van der Waals surface area contributed by atoms with Gasteiger partial charge in [-0.05, 0) is 55.2 Å². The molecule has 0 fully saturated rings. The van der Waals surface area contributed by atoms with Crippen LogP contribution in [0.25, 0.3) is 0 Å². The van der Waals surface area contributed by atoms with Gasteiger partial charge in [-0.3, -0.25) is 4.99 Å². The molecule has 0 aliphatic heterocycles. The normalized spacial score (nSPS) is 12.2. The van der Waals surface area contributed by atoms with Crippen molar-refractivity contribution in [2.24, 2.45) is 10.9 Å². The minimum atomic E-state index is -0.508. The third-order valence-corrected chi connectivity index (χ3v) is 7.45. The van der Waals surface area contributed by atoms with Crippen LogP contribution >= 0.6 is 0 Å². The van der Waals surface area contributed by atoms with Gasteiger partial charge in [0.15, 0.2) is 0 Å². The average Bonchev–Trinajstić information content (AvgIpc) is 2.98. The molecule has 2 N–H and O–H groups in total. The summed E-state index contributed by atoms with van der Waals surface area (Å²) in [6.45, 7) is 7.04. The lowest BCUT2D eigenvalue weighted by Gasteiger charge is -2.12. The zero-order valence-corrected chi connectivity index (χ0v) is 26.4. The van der Waals surface area contributed by atoms with Crippen molar-refractivity contribution in [3.05, 3.63) is 53.6 Å². The molecular weight excluding hydrogens is 526 g/mol. The summed E-state index contributed by atoms with van der Waals surface area (Å²) in [6.07, 6.45) is 20.9. The molecule has 0 spiro atoms. The van der Waals surface area contributed by atoms with Crippen molar-refractivity contribution in [1.82, 2.24) is 0 Å². The zero-order chi connectivity index (χ0) is 30.4. The van der Waals surface area contributed by atoms with Crippen LogP contribution in [0.2, 0.25) is 0 Å². The van der Waals surface area contributed by atoms with Crippen molar-refractivity contribution in [2.75, 3.05) is 13.2 Å². The van der Waals surface area contributed by atoms with Gasteiger partial charge in [0.05, 0.1) is 24.8 Å². The Hall–Kier alpha value is -2.86. The van der Waals surface area contributed by atoms with E-state index in [1.165, 1.54) is 89.5 Å². The number of aromatic hydroxyl groups is 1. The summed E-state index contributed by atoms with van der Waals surface area (Å²) in [5.74, 6) is 0.836. The Kier molecular flexibility index (Phi) is 18.3. The predicted molar refractivity (Wildman–Crippen MR) is 173 cm³/mol. The SMILES string of the molecule is CCCCCCCCCCCCCCCCOc1ccc(C(=O)Oc2ccc(C=N[C@@H](CO)CC(C)C)c(O)c2)cc1. The zero-order valence-electron chi connectivity index (χ0n) is 26.4. The standard InChI is InChI=1S/C36H55NO5/c1-4-5-6-7-8-9-10-11-12-13-14-15-16-17-24-41-33-21-18-30(19-22-33)36(40)42-34-23-20-31(35(39)26-34)27-37-32(28-38)25-29(2)3/h18-23,26-27,29,32,38-39H,4-17,24-25,28H2,1-3H3/t32-/m1/s1. The topological polar surface area (TPSA) is 88.4 Å². The van der Waals surface area contributed by atoms with E-state index in [9.17, 15) is 15.0 Å². The number of esters is 1. The number of aliphatic hydroxyl groups excluding tert-OH is 1. The van der Waals surface area contributed by atoms with Crippen molar-refractivity contribution in [1.29, 1.82) is 0 Å². The lowest BCUT2D eigenvalue weighted by atomic mass is 10.0. The van der Waals surface area contributed by atoms with E-state index >= 15 is 0 Å². The number of benzene rings is 2. The number of aliphatic hydroxyl groups is 1. The van der Waals surface area contributed by atoms with Crippen molar-refractivity contribution in [3.8, 4) is 17.2 Å². The van der Waals surface area contributed by atoms with Crippen LogP contribution in [0, 0.1) is 5.92 Å². The summed E-state index contributed by atoms with van der Waals surface area (Å²) in [5.41, 5.74) is 0.903. The first-order chi connectivity index (χ1) is 20.4. The van der Waals surface area contributed by atoms with Crippen molar-refractivity contribution in [3.63, 3.8) is 0 Å². The monoisotopic (exact) mass is 581 g/mol. The molecule has 6 nitrogen and oxygen atoms in total. The number of carbonyl (C=O) groups is 1. The Balaban J connectivity index is 1.61. The summed E-state index contributed by atoms with van der Waals surface area (Å²) >= 11 is 0. The van der Waals surface area contributed by atoms with Gasteiger partial charge in [0.25, 0.3) is 0 Å². The molecule has 0 aromatic heterocycles. The number of carbonyl (C=O) groups excluding carboxylic acids is 1. The van der Waals surface area contributed by atoms with Crippen LogP contribution in [0.15, 0.2) is 47.5 Å². The highest BCUT2D eigenvalue weighted by Gasteiger charge is 2.12. The molecule has 0 radical (unpaired) electrons. The molecule has 234 valence electrons. The molecule has 42 heavy (non-hydrogen) atoms. The van der Waals surface area contributed by atoms with E-state index in [2.05, 4.69) is 25.8 Å². The maximum atomic E-state index is 12.6. The van der Waals surface area contributed by atoms with E-state index in [0.717, 1.165) is 18.6 Å². The molecule has 0 bridgehead atoms. The van der Waals surface area contributed by atoms with Crippen molar-refractivity contribution in [2.45, 2.75) is 123 Å². The van der Waals surface area contributed by atoms with E-state index < -0.39 is 5.97 Å². The highest BCUT2D eigenvalue weighted by molar-refractivity contribution is 5.91. The first kappa shape index (κ1) is 35.3. The van der Waals surface area contributed by atoms with E-state index in [4.69, 9.17) is 9.47 Å². The number of phenolic OH excluding ortho intramolecular Hbond substituents is 1. The van der Waals surface area contributed by atoms with Crippen LogP contribution in [-0.4, -0.2) is 41.7 Å². The Morgan fingerprint density at radius 3 is 1.88 bits per heavy atom. The number of ether oxygens (including phenoxy) is 2. The largest absolute Gasteiger partial charge is 0.507 e. The summed E-state index contributed by atoms with van der Waals surface area (Å²) in [5, 5.41) is 19.8. The second-order valence-electron chi connectivity index (χ2n) is 11.8. The van der Waals surface area contributed by atoms with Crippen LogP contribution in [0.5, 0.6) is 17.2 Å². The Morgan fingerprint density at radius 1 is 0.810 bits per heavy atom. The smallest absolute Gasteiger partial charge is 0.343 e. The van der Waals surface area contributed by atoms with Gasteiger partial charge < -0.3 is 19.7 Å². The Bertz CT molecular complexity index is 1020. The average molecular weight is 582 g/mol. The molecule has 2 aromatic rings. The van der Waals surface area contributed by atoms with E-state index in [0.29, 0.717) is 23.7 Å². The van der Waals surface area contributed by atoms with Gasteiger partial charge in [-0.25, -0.2) is 4.79 Å². The number of aliphatic imine (C=N–C) groups is 1. The molecular formula is C36H55NO5. The van der Waals surface area contributed by atoms with Gasteiger partial charge >= 0.3 is 5.97 Å². The first-order valence-corrected chi connectivity index (χ1v) is 16.3. The number of phenols is 1. The van der Waals surface area contributed by atoms with Gasteiger partial charge in [-0.1, -0.05) is 104 Å². The predicted octanol–water partition coefficient (Wildman–Crippen LogP) is 9.30. The van der Waals surface area contributed by atoms with Crippen LogP contribution in [0.1, 0.15) is 133 Å². The van der Waals surface area contributed by atoms with E-state index in [1.807, 2.05) is 0 Å². The van der Waals surface area contributed by atoms with Crippen LogP contribution in [-0.2, 0) is 0 Å². The molecule has 0 heterocycles. The Labute approximate surface area is 254 Å². The van der Waals surface area contributed by atoms with Gasteiger partial charge in [0, 0.05) is 17.8 Å². The lowest BCUT2D eigenvalue weighted by molar-refractivity contribution is 0.0734. The number of hydrogen-bond donors (Lipinski definition) is 2. The molecule has 0 aliphatic rings. The molecule has 0 aliphatic carbocycles. The molecule has 2 rings (SSSR count). The van der Waals surface area contributed by atoms with E-state index in [-0.39, 0.29) is 24.1 Å². The fraction of sp³-hybridized carbons (Fsp3) is 0.611. The summed E-state index contributed by atoms with van der Waals surface area (Å²) < 4.78 is 11.3. The summed E-state index contributed by atoms with van der Waals surface area (Å²) in [7, 11) is 0. The molecule has 1 atom stereocenters. The third kappa shape index (κ3) is 15.4. The van der Waals surface area contributed by atoms with Crippen molar-refractivity contribution >= 4 is 12.2 Å². The number of rotatable bonds is 23. The minimum absolute atomic E-state index is 0.0440. The van der Waals surface area contributed by atoms with Gasteiger partial charge in [-0.2, -0.15) is 0 Å². The quantitative estimate of drug-likeness (QED) is 0.0591. The van der Waals surface area contributed by atoms with Crippen molar-refractivity contribution < 1.29 is 24.5 Å². The second kappa shape index (κ2) is 21.8. The third-order valence-electron chi connectivity index (χ3n) is 7.45. The first-order valence-electron chi connectivity index (χ1n) is 16.3. The summed E-state index contributed by atoms with van der Waals surface area (Å²) in [4.78, 5) is 17.0. The number of unbranched alkanes of at least 4 members (excludes halogenated alkanes) is 13. The molecule has 0 saturated carbocycles. The molecule has 0 unspecified atom stereocenters. The van der Waals surface area contributed by atoms with Gasteiger partial charge in [0.1, 0.15) is 17.2 Å². The summed E-state index contributed by atoms with van der Waals surface area (Å²) in [6, 6.07) is 11.4. The maximum absolute atomic E-state index is 12.6. The van der Waals surface area contributed by atoms with Crippen LogP contribution in [0.4, 0.5) is 0 Å². The molecule has 0 amide bonds.